The third-order valence-corrected chi connectivity index (χ3v) is 6.64. The van der Waals surface area contributed by atoms with Crippen LogP contribution >= 0.6 is 11.6 Å². The number of amides is 2. The van der Waals surface area contributed by atoms with Gasteiger partial charge in [-0.1, -0.05) is 11.6 Å². The number of cyclic esters (lactones) is 1. The van der Waals surface area contributed by atoms with E-state index in [1.807, 2.05) is 13.0 Å². The number of nitrogens with two attached hydrogens (primary N) is 1. The van der Waals surface area contributed by atoms with Gasteiger partial charge in [0.2, 0.25) is 5.88 Å². The van der Waals surface area contributed by atoms with Crippen LogP contribution < -0.4 is 30.7 Å². The summed E-state index contributed by atoms with van der Waals surface area (Å²) in [5.74, 6) is 1.84. The second-order valence-electron chi connectivity index (χ2n) is 9.52. The van der Waals surface area contributed by atoms with Crippen molar-refractivity contribution in [3.8, 4) is 11.6 Å². The Bertz CT molecular complexity index is 1210. The van der Waals surface area contributed by atoms with Gasteiger partial charge in [0.1, 0.15) is 23.7 Å². The third kappa shape index (κ3) is 7.25. The van der Waals surface area contributed by atoms with Crippen LogP contribution in [0.3, 0.4) is 0 Å². The van der Waals surface area contributed by atoms with E-state index in [2.05, 4.69) is 20.6 Å². The van der Waals surface area contributed by atoms with Crippen molar-refractivity contribution in [2.45, 2.75) is 38.3 Å². The molecule has 210 valence electrons. The molecule has 1 aliphatic carbocycles. The van der Waals surface area contributed by atoms with E-state index in [0.717, 1.165) is 24.9 Å². The number of pyridine rings is 2. The van der Waals surface area contributed by atoms with Crippen LogP contribution in [-0.2, 0) is 27.2 Å². The highest BCUT2D eigenvalue weighted by molar-refractivity contribution is 6.30. The van der Waals surface area contributed by atoms with Crippen molar-refractivity contribution in [2.24, 2.45) is 11.7 Å². The molecule has 2 aromatic rings. The lowest BCUT2D eigenvalue weighted by atomic mass is 10.1. The average molecular weight is 563 g/mol. The summed E-state index contributed by atoms with van der Waals surface area (Å²) in [7, 11) is 0. The fourth-order valence-electron chi connectivity index (χ4n) is 4.60. The molecular formula is C25H31ClN6O7. The standard InChI is InChI=1S/C24H29ClN6O5.CH2O2/c1-13(26)11-35-21-8-15-6-14(7-17(15)22(25)30-21)9-27-5-4-16-10-31(24(33)36-16)19-3-2-18-23(28-19)29-20(32)12-34-18;2-1-3/h2-3,8,13-14,16,27H,4-7,9-12,26H2,1H3,(H,28,29,32);1H,(H,2,3). The topological polar surface area (TPSA) is 178 Å². The Labute approximate surface area is 230 Å². The first-order valence-electron chi connectivity index (χ1n) is 12.5. The van der Waals surface area contributed by atoms with E-state index in [9.17, 15) is 9.59 Å². The number of aromatic nitrogens is 2. The number of fused-ring (bicyclic) bond motifs is 2. The van der Waals surface area contributed by atoms with Crippen LogP contribution in [0.4, 0.5) is 16.4 Å². The fourth-order valence-corrected chi connectivity index (χ4v) is 4.88. The number of ether oxygens (including phenoxy) is 3. The van der Waals surface area contributed by atoms with Gasteiger partial charge in [0.05, 0.1) is 6.54 Å². The van der Waals surface area contributed by atoms with E-state index in [1.54, 1.807) is 12.1 Å². The number of nitrogens with zero attached hydrogens (tertiary/aromatic N) is 3. The van der Waals surface area contributed by atoms with Crippen LogP contribution in [0.15, 0.2) is 18.2 Å². The van der Waals surface area contributed by atoms with Crippen molar-refractivity contribution in [1.29, 1.82) is 0 Å². The molecule has 4 heterocycles. The Hall–Kier alpha value is -3.68. The van der Waals surface area contributed by atoms with Crippen molar-refractivity contribution in [2.75, 3.05) is 43.1 Å². The highest BCUT2D eigenvalue weighted by Crippen LogP contribution is 2.34. The van der Waals surface area contributed by atoms with Gasteiger partial charge < -0.3 is 35.7 Å². The lowest BCUT2D eigenvalue weighted by Gasteiger charge is -2.19. The number of halogens is 1. The van der Waals surface area contributed by atoms with Gasteiger partial charge in [-0.3, -0.25) is 14.5 Å². The maximum absolute atomic E-state index is 12.4. The van der Waals surface area contributed by atoms with E-state index in [-0.39, 0.29) is 31.1 Å². The number of rotatable bonds is 9. The first-order valence-corrected chi connectivity index (χ1v) is 12.9. The summed E-state index contributed by atoms with van der Waals surface area (Å²) in [6.45, 7) is 3.88. The van der Waals surface area contributed by atoms with Gasteiger partial charge in [-0.25, -0.2) is 14.8 Å². The van der Waals surface area contributed by atoms with Crippen LogP contribution in [0.5, 0.6) is 11.6 Å². The number of anilines is 2. The van der Waals surface area contributed by atoms with Crippen molar-refractivity contribution in [1.82, 2.24) is 15.3 Å². The molecule has 0 spiro atoms. The zero-order valence-corrected chi connectivity index (χ0v) is 22.1. The molecule has 0 radical (unpaired) electrons. The SMILES string of the molecule is CC(N)COc1cc2c(c(Cl)n1)CC(CNCCC1CN(c3ccc4c(n3)NC(=O)CO4)C(=O)O1)C2.O=CO. The molecule has 0 bridgehead atoms. The van der Waals surface area contributed by atoms with Gasteiger partial charge in [0.15, 0.2) is 18.2 Å². The Morgan fingerprint density at radius 3 is 2.92 bits per heavy atom. The molecule has 2 amide bonds. The highest BCUT2D eigenvalue weighted by Gasteiger charge is 2.34. The number of nitrogens with one attached hydrogen (secondary N) is 2. The largest absolute Gasteiger partial charge is 0.483 e. The van der Waals surface area contributed by atoms with E-state index in [1.165, 1.54) is 10.5 Å². The van der Waals surface area contributed by atoms with Crippen molar-refractivity contribution in [3.05, 3.63) is 34.5 Å². The molecule has 3 aliphatic rings. The molecule has 0 saturated carbocycles. The van der Waals surface area contributed by atoms with Crippen LogP contribution in [0.1, 0.15) is 24.5 Å². The van der Waals surface area contributed by atoms with Gasteiger partial charge in [0.25, 0.3) is 12.4 Å². The molecule has 2 aromatic heterocycles. The summed E-state index contributed by atoms with van der Waals surface area (Å²) in [5.41, 5.74) is 8.00. The van der Waals surface area contributed by atoms with Gasteiger partial charge in [0, 0.05) is 12.1 Å². The Morgan fingerprint density at radius 2 is 2.15 bits per heavy atom. The Kier molecular flexibility index (Phi) is 9.38. The van der Waals surface area contributed by atoms with Crippen molar-refractivity contribution in [3.63, 3.8) is 0 Å². The number of hydrogen-bond donors (Lipinski definition) is 4. The van der Waals surface area contributed by atoms with Gasteiger partial charge in [-0.05, 0) is 68.5 Å². The number of carbonyl (C=O) groups is 3. The molecule has 3 atom stereocenters. The Balaban J connectivity index is 0.00000112. The first-order chi connectivity index (χ1) is 18.8. The maximum Gasteiger partial charge on any atom is 0.415 e. The molecule has 5 N–H and O–H groups in total. The smallest absolute Gasteiger partial charge is 0.415 e. The minimum Gasteiger partial charge on any atom is -0.483 e. The molecule has 5 rings (SSSR count). The minimum atomic E-state index is -0.453. The second-order valence-corrected chi connectivity index (χ2v) is 9.88. The Morgan fingerprint density at radius 1 is 1.36 bits per heavy atom. The summed E-state index contributed by atoms with van der Waals surface area (Å²) in [6, 6.07) is 5.26. The summed E-state index contributed by atoms with van der Waals surface area (Å²) in [6.07, 6.45) is 1.72. The van der Waals surface area contributed by atoms with Crippen molar-refractivity contribution >= 4 is 41.7 Å². The van der Waals surface area contributed by atoms with E-state index in [0.29, 0.717) is 60.5 Å². The molecule has 39 heavy (non-hydrogen) atoms. The molecule has 2 aliphatic heterocycles. The fraction of sp³-hybridized carbons (Fsp3) is 0.480. The summed E-state index contributed by atoms with van der Waals surface area (Å²) < 4.78 is 16.5. The molecule has 3 unspecified atom stereocenters. The minimum absolute atomic E-state index is 0.0463. The van der Waals surface area contributed by atoms with Crippen LogP contribution in [0, 0.1) is 5.92 Å². The van der Waals surface area contributed by atoms with E-state index in [4.69, 9.17) is 41.4 Å². The number of carboxylic acid groups (broad SMARTS) is 1. The molecule has 14 heteroatoms. The molecule has 13 nitrogen and oxygen atoms in total. The highest BCUT2D eigenvalue weighted by atomic mass is 35.5. The zero-order valence-electron chi connectivity index (χ0n) is 21.4. The van der Waals surface area contributed by atoms with Gasteiger partial charge >= 0.3 is 6.09 Å². The normalized spacial score (nSPS) is 20.0. The monoisotopic (exact) mass is 562 g/mol. The summed E-state index contributed by atoms with van der Waals surface area (Å²) >= 11 is 6.40. The maximum atomic E-state index is 12.4. The van der Waals surface area contributed by atoms with Crippen molar-refractivity contribution < 1.29 is 33.7 Å². The van der Waals surface area contributed by atoms with Crippen LogP contribution in [-0.4, -0.2) is 78.5 Å². The van der Waals surface area contributed by atoms with Crippen LogP contribution in [0.25, 0.3) is 0 Å². The summed E-state index contributed by atoms with van der Waals surface area (Å²) in [4.78, 5) is 42.5. The predicted molar refractivity (Wildman–Crippen MR) is 141 cm³/mol. The van der Waals surface area contributed by atoms with Crippen LogP contribution in [0.2, 0.25) is 5.15 Å². The van der Waals surface area contributed by atoms with E-state index < -0.39 is 6.09 Å². The lowest BCUT2D eigenvalue weighted by Crippen LogP contribution is -2.30. The predicted octanol–water partition coefficient (Wildman–Crippen LogP) is 1.61. The lowest BCUT2D eigenvalue weighted by molar-refractivity contribution is -0.123. The average Bonchev–Trinajstić information content (AvgIpc) is 3.48. The molecular weight excluding hydrogens is 532 g/mol. The molecule has 0 aromatic carbocycles. The third-order valence-electron chi connectivity index (χ3n) is 6.33. The molecule has 1 saturated heterocycles. The summed E-state index contributed by atoms with van der Waals surface area (Å²) in [5, 5.41) is 13.5. The number of hydrogen-bond acceptors (Lipinski definition) is 10. The number of carbonyl (C=O) groups excluding carboxylic acids is 2. The van der Waals surface area contributed by atoms with Gasteiger partial charge in [-0.2, -0.15) is 0 Å². The van der Waals surface area contributed by atoms with Gasteiger partial charge in [-0.15, -0.1) is 0 Å². The second kappa shape index (κ2) is 12.9. The van der Waals surface area contributed by atoms with E-state index >= 15 is 0 Å². The molecule has 1 fully saturated rings. The first kappa shape index (κ1) is 28.3. The zero-order chi connectivity index (χ0) is 27.9. The quantitative estimate of drug-likeness (QED) is 0.198.